The Labute approximate surface area is 57.2 Å². The number of hydrogen-bond acceptors (Lipinski definition) is 4. The fourth-order valence-electron chi connectivity index (χ4n) is 0.697. The molecule has 0 bridgehead atoms. The SMILES string of the molecule is O=C1COC(=O)N1CCO. The molecule has 1 rings (SSSR count). The first-order valence-electron chi connectivity index (χ1n) is 2.83. The van der Waals surface area contributed by atoms with E-state index in [2.05, 4.69) is 4.74 Å². The van der Waals surface area contributed by atoms with Crippen molar-refractivity contribution < 1.29 is 19.4 Å². The van der Waals surface area contributed by atoms with Crippen molar-refractivity contribution in [1.82, 2.24) is 4.90 Å². The minimum absolute atomic E-state index is 0.0255. The Morgan fingerprint density at radius 3 is 2.70 bits per heavy atom. The van der Waals surface area contributed by atoms with Crippen molar-refractivity contribution in [2.24, 2.45) is 0 Å². The molecule has 0 aromatic rings. The van der Waals surface area contributed by atoms with Gasteiger partial charge in [0.25, 0.3) is 5.91 Å². The van der Waals surface area contributed by atoms with Gasteiger partial charge in [0.2, 0.25) is 0 Å². The summed E-state index contributed by atoms with van der Waals surface area (Å²) < 4.78 is 4.36. The maximum absolute atomic E-state index is 10.6. The molecule has 5 heteroatoms. The lowest BCUT2D eigenvalue weighted by molar-refractivity contribution is -0.126. The molecule has 1 heterocycles. The van der Waals surface area contributed by atoms with E-state index in [-0.39, 0.29) is 25.7 Å². The van der Waals surface area contributed by atoms with E-state index in [9.17, 15) is 9.59 Å². The number of ether oxygens (including phenoxy) is 1. The largest absolute Gasteiger partial charge is 0.439 e. The standard InChI is InChI=1S/C5H7NO4/c7-2-1-6-4(8)3-10-5(6)9/h7H,1-3H2. The normalized spacial score (nSPS) is 17.9. The molecule has 2 amide bonds. The summed E-state index contributed by atoms with van der Waals surface area (Å²) in [6, 6.07) is 0. The first kappa shape index (κ1) is 7.01. The number of cyclic esters (lactones) is 1. The summed E-state index contributed by atoms with van der Waals surface area (Å²) in [5.74, 6) is -0.390. The van der Waals surface area contributed by atoms with Crippen molar-refractivity contribution >= 4 is 12.0 Å². The number of hydrogen-bond donors (Lipinski definition) is 1. The lowest BCUT2D eigenvalue weighted by Crippen LogP contribution is -2.31. The number of aliphatic hydroxyl groups is 1. The molecule has 1 saturated heterocycles. The summed E-state index contributed by atoms with van der Waals surface area (Å²) in [7, 11) is 0. The summed E-state index contributed by atoms with van der Waals surface area (Å²) in [4.78, 5) is 22.1. The number of carbonyl (C=O) groups is 2. The topological polar surface area (TPSA) is 66.8 Å². The molecule has 1 fully saturated rings. The highest BCUT2D eigenvalue weighted by Crippen LogP contribution is 2.02. The molecule has 1 aliphatic heterocycles. The average molecular weight is 145 g/mol. The number of β-amino-alcohol motifs (C(OH)–C–C–N with tert-alkyl or cyclic N) is 1. The van der Waals surface area contributed by atoms with Crippen LogP contribution in [-0.4, -0.2) is 41.8 Å². The molecule has 0 aliphatic carbocycles. The number of amides is 2. The van der Waals surface area contributed by atoms with Gasteiger partial charge >= 0.3 is 6.09 Å². The van der Waals surface area contributed by atoms with Crippen molar-refractivity contribution in [2.45, 2.75) is 0 Å². The second kappa shape index (κ2) is 2.66. The van der Waals surface area contributed by atoms with Gasteiger partial charge in [-0.1, -0.05) is 0 Å². The van der Waals surface area contributed by atoms with E-state index in [4.69, 9.17) is 5.11 Å². The molecule has 10 heavy (non-hydrogen) atoms. The van der Waals surface area contributed by atoms with E-state index in [0.29, 0.717) is 0 Å². The fourth-order valence-corrected chi connectivity index (χ4v) is 0.697. The molecule has 5 nitrogen and oxygen atoms in total. The predicted octanol–water partition coefficient (Wildman–Crippen LogP) is -1.04. The van der Waals surface area contributed by atoms with E-state index in [1.54, 1.807) is 0 Å². The molecule has 0 saturated carbocycles. The molecule has 1 N–H and O–H groups in total. The Morgan fingerprint density at radius 1 is 1.60 bits per heavy atom. The second-order valence-electron chi connectivity index (χ2n) is 1.82. The highest BCUT2D eigenvalue weighted by atomic mass is 16.6. The summed E-state index contributed by atoms with van der Waals surface area (Å²) in [5, 5.41) is 8.36. The molecule has 0 unspecified atom stereocenters. The number of nitrogens with zero attached hydrogens (tertiary/aromatic N) is 1. The van der Waals surface area contributed by atoms with E-state index < -0.39 is 6.09 Å². The van der Waals surface area contributed by atoms with Crippen LogP contribution in [0.5, 0.6) is 0 Å². The number of imide groups is 1. The zero-order valence-electron chi connectivity index (χ0n) is 5.24. The Balaban J connectivity index is 2.54. The molecule has 0 aromatic carbocycles. The van der Waals surface area contributed by atoms with Gasteiger partial charge in [0, 0.05) is 0 Å². The van der Waals surface area contributed by atoms with Crippen LogP contribution in [0.25, 0.3) is 0 Å². The third-order valence-electron chi connectivity index (χ3n) is 1.16. The lowest BCUT2D eigenvalue weighted by Gasteiger charge is -2.06. The summed E-state index contributed by atoms with van der Waals surface area (Å²) in [5.41, 5.74) is 0. The predicted molar refractivity (Wildman–Crippen MR) is 30.1 cm³/mol. The van der Waals surface area contributed by atoms with Crippen molar-refractivity contribution in [2.75, 3.05) is 19.8 Å². The van der Waals surface area contributed by atoms with Gasteiger partial charge in [-0.05, 0) is 0 Å². The maximum Gasteiger partial charge on any atom is 0.417 e. The first-order valence-corrected chi connectivity index (χ1v) is 2.83. The van der Waals surface area contributed by atoms with Crippen LogP contribution in [0.2, 0.25) is 0 Å². The Bertz CT molecular complexity index is 151. The van der Waals surface area contributed by atoms with E-state index >= 15 is 0 Å². The number of aliphatic hydroxyl groups excluding tert-OH is 1. The van der Waals surface area contributed by atoms with Crippen molar-refractivity contribution in [3.8, 4) is 0 Å². The van der Waals surface area contributed by atoms with Gasteiger partial charge in [0.15, 0.2) is 6.61 Å². The van der Waals surface area contributed by atoms with Gasteiger partial charge in [-0.2, -0.15) is 0 Å². The van der Waals surface area contributed by atoms with Gasteiger partial charge in [0.1, 0.15) is 0 Å². The highest BCUT2D eigenvalue weighted by molar-refractivity contribution is 5.97. The van der Waals surface area contributed by atoms with Crippen molar-refractivity contribution in [3.05, 3.63) is 0 Å². The van der Waals surface area contributed by atoms with Crippen LogP contribution in [0.15, 0.2) is 0 Å². The fraction of sp³-hybridized carbons (Fsp3) is 0.600. The van der Waals surface area contributed by atoms with Crippen LogP contribution in [0, 0.1) is 0 Å². The Hall–Kier alpha value is -1.10. The summed E-state index contributed by atoms with van der Waals surface area (Å²) in [6.07, 6.45) is -0.668. The third kappa shape index (κ3) is 1.08. The monoisotopic (exact) mass is 145 g/mol. The summed E-state index contributed by atoms with van der Waals surface area (Å²) in [6.45, 7) is -0.392. The number of rotatable bonds is 2. The molecule has 0 radical (unpaired) electrons. The molecule has 0 atom stereocenters. The molecule has 0 aromatic heterocycles. The number of carbonyl (C=O) groups excluding carboxylic acids is 2. The van der Waals surface area contributed by atoms with Crippen molar-refractivity contribution in [1.29, 1.82) is 0 Å². The molecule has 0 spiro atoms. The Kier molecular flexibility index (Phi) is 1.86. The van der Waals surface area contributed by atoms with E-state index in [1.165, 1.54) is 0 Å². The van der Waals surface area contributed by atoms with Crippen LogP contribution in [-0.2, 0) is 9.53 Å². The zero-order chi connectivity index (χ0) is 7.56. The van der Waals surface area contributed by atoms with Gasteiger partial charge in [0.05, 0.1) is 13.2 Å². The smallest absolute Gasteiger partial charge is 0.417 e. The lowest BCUT2D eigenvalue weighted by atomic mass is 10.5. The van der Waals surface area contributed by atoms with Gasteiger partial charge < -0.3 is 9.84 Å². The Morgan fingerprint density at radius 2 is 2.30 bits per heavy atom. The van der Waals surface area contributed by atoms with Crippen LogP contribution < -0.4 is 0 Å². The van der Waals surface area contributed by atoms with Crippen molar-refractivity contribution in [3.63, 3.8) is 0 Å². The highest BCUT2D eigenvalue weighted by Gasteiger charge is 2.29. The van der Waals surface area contributed by atoms with Gasteiger partial charge in [-0.3, -0.25) is 4.79 Å². The van der Waals surface area contributed by atoms with Crippen LogP contribution in [0.3, 0.4) is 0 Å². The zero-order valence-corrected chi connectivity index (χ0v) is 5.24. The van der Waals surface area contributed by atoms with Gasteiger partial charge in [-0.15, -0.1) is 0 Å². The first-order chi connectivity index (χ1) is 4.75. The van der Waals surface area contributed by atoms with E-state index in [0.717, 1.165) is 4.90 Å². The minimum atomic E-state index is -0.668. The van der Waals surface area contributed by atoms with Gasteiger partial charge in [-0.25, -0.2) is 9.69 Å². The molecule has 56 valence electrons. The summed E-state index contributed by atoms with van der Waals surface area (Å²) >= 11 is 0. The minimum Gasteiger partial charge on any atom is -0.439 e. The average Bonchev–Trinajstić information content (AvgIpc) is 2.20. The van der Waals surface area contributed by atoms with Crippen LogP contribution in [0.1, 0.15) is 0 Å². The molecule has 1 aliphatic rings. The van der Waals surface area contributed by atoms with E-state index in [1.807, 2.05) is 0 Å². The molecular formula is C5H7NO4. The second-order valence-corrected chi connectivity index (χ2v) is 1.82. The van der Waals surface area contributed by atoms with Crippen LogP contribution >= 0.6 is 0 Å². The van der Waals surface area contributed by atoms with Crippen LogP contribution in [0.4, 0.5) is 4.79 Å². The maximum atomic E-state index is 10.6. The quantitative estimate of drug-likeness (QED) is 0.538. The third-order valence-corrected chi connectivity index (χ3v) is 1.16. The molecular weight excluding hydrogens is 138 g/mol.